The van der Waals surface area contributed by atoms with Crippen molar-refractivity contribution in [3.63, 3.8) is 0 Å². The number of benzene rings is 1. The molecule has 276 valence electrons. The summed E-state index contributed by atoms with van der Waals surface area (Å²) >= 11 is 0. The number of carbonyl (C=O) groups is 4. The molecule has 1 N–H and O–H groups in total. The van der Waals surface area contributed by atoms with Gasteiger partial charge >= 0.3 is 17.9 Å². The zero-order valence-electron chi connectivity index (χ0n) is 31.1. The van der Waals surface area contributed by atoms with Crippen molar-refractivity contribution < 1.29 is 52.4 Å². The lowest BCUT2D eigenvalue weighted by Gasteiger charge is -2.68. The van der Waals surface area contributed by atoms with Crippen molar-refractivity contribution in [2.45, 2.75) is 135 Å². The van der Waals surface area contributed by atoms with Gasteiger partial charge in [-0.2, -0.15) is 0 Å². The van der Waals surface area contributed by atoms with E-state index in [1.165, 1.54) is 21.0 Å². The van der Waals surface area contributed by atoms with Crippen molar-refractivity contribution in [2.24, 2.45) is 16.7 Å². The Bertz CT molecular complexity index is 1530. The highest BCUT2D eigenvalue weighted by molar-refractivity contribution is 6.73. The second kappa shape index (κ2) is 13.6. The smallest absolute Gasteiger partial charge is 0.338 e. The standard InChI is InChI=1S/C38H54O11Si/c1-11-50(12-2,13-3)49-27-19-28-37(21-45-28,48-24(6)40)31-33(47-34(42)25-17-15-14-16-18-25)38(43)20-26(44-10)22(4)29(35(38,7)8)30(46-23(5)39)32(41)36(27,31)9/h14-18,26-28,30-31,33,43H,11-13,19-21H2,1-10H3/t26-,27-,28+,30+,31?,33-,36+,37-,38+/m0/s1. The maximum Gasteiger partial charge on any atom is 0.338 e. The summed E-state index contributed by atoms with van der Waals surface area (Å²) in [6.45, 7) is 15.8. The normalized spacial score (nSPS) is 36.2. The van der Waals surface area contributed by atoms with Gasteiger partial charge in [0.25, 0.3) is 0 Å². The Morgan fingerprint density at radius 3 is 2.10 bits per heavy atom. The second-order valence-electron chi connectivity index (χ2n) is 15.3. The number of Topliss-reactive ketones (excluding diaryl/α,β-unsaturated/α-hetero) is 1. The largest absolute Gasteiger partial charge is 0.455 e. The van der Waals surface area contributed by atoms with Gasteiger partial charge < -0.3 is 33.2 Å². The molecule has 3 fully saturated rings. The Balaban J connectivity index is 1.90. The number of aliphatic hydroxyl groups is 1. The van der Waals surface area contributed by atoms with Crippen molar-refractivity contribution in [1.29, 1.82) is 0 Å². The lowest BCUT2D eigenvalue weighted by atomic mass is 9.44. The number of ether oxygens (including phenoxy) is 5. The predicted octanol–water partition coefficient (Wildman–Crippen LogP) is 5.34. The summed E-state index contributed by atoms with van der Waals surface area (Å²) in [5.74, 6) is -3.67. The number of ketones is 1. The van der Waals surface area contributed by atoms with E-state index in [0.717, 1.165) is 18.1 Å². The van der Waals surface area contributed by atoms with Crippen molar-refractivity contribution in [2.75, 3.05) is 13.7 Å². The van der Waals surface area contributed by atoms with Crippen LogP contribution in [0, 0.1) is 16.7 Å². The Hall–Kier alpha value is -2.90. The van der Waals surface area contributed by atoms with E-state index >= 15 is 4.79 Å². The Kier molecular flexibility index (Phi) is 10.4. The SMILES string of the molecule is CC[Si](CC)(CC)O[C@H]1C[C@H]2OC[C@@]2(OC(C)=O)C2[C@H](OC(=O)c3ccccc3)[C@]3(O)C[C@H](OC)C(C)=C([C@@H](OC(C)=O)C(=O)[C@@]21C)C3(C)C. The quantitative estimate of drug-likeness (QED) is 0.145. The molecular weight excluding hydrogens is 660 g/mol. The molecule has 3 aliphatic carbocycles. The maximum absolute atomic E-state index is 15.8. The molecule has 1 aliphatic heterocycles. The van der Waals surface area contributed by atoms with Crippen LogP contribution in [0.4, 0.5) is 0 Å². The van der Waals surface area contributed by atoms with E-state index in [4.69, 9.17) is 28.1 Å². The van der Waals surface area contributed by atoms with Gasteiger partial charge in [-0.15, -0.1) is 0 Å². The zero-order chi connectivity index (χ0) is 37.0. The molecule has 5 rings (SSSR count). The van der Waals surface area contributed by atoms with Crippen LogP contribution in [0.15, 0.2) is 41.5 Å². The van der Waals surface area contributed by atoms with Crippen LogP contribution in [0.5, 0.6) is 0 Å². The molecule has 11 nitrogen and oxygen atoms in total. The van der Waals surface area contributed by atoms with Crippen LogP contribution in [0.2, 0.25) is 18.1 Å². The molecule has 9 atom stereocenters. The molecule has 0 spiro atoms. The summed E-state index contributed by atoms with van der Waals surface area (Å²) in [7, 11) is -0.963. The minimum absolute atomic E-state index is 0.0309. The topological polar surface area (TPSA) is 144 Å². The fraction of sp³-hybridized carbons (Fsp3) is 0.684. The van der Waals surface area contributed by atoms with E-state index in [0.29, 0.717) is 11.1 Å². The van der Waals surface area contributed by atoms with Gasteiger partial charge in [0.2, 0.25) is 0 Å². The van der Waals surface area contributed by atoms with E-state index in [1.54, 1.807) is 51.1 Å². The van der Waals surface area contributed by atoms with Crippen molar-refractivity contribution in [1.82, 2.24) is 0 Å². The average molecular weight is 715 g/mol. The molecule has 4 aliphatic rings. The van der Waals surface area contributed by atoms with Gasteiger partial charge in [-0.1, -0.05) is 52.8 Å². The van der Waals surface area contributed by atoms with Gasteiger partial charge in [-0.05, 0) is 55.3 Å². The molecule has 50 heavy (non-hydrogen) atoms. The van der Waals surface area contributed by atoms with Crippen LogP contribution in [0.3, 0.4) is 0 Å². The zero-order valence-corrected chi connectivity index (χ0v) is 32.1. The Morgan fingerprint density at radius 2 is 1.60 bits per heavy atom. The first kappa shape index (κ1) is 38.3. The molecule has 2 saturated carbocycles. The Morgan fingerprint density at radius 1 is 0.980 bits per heavy atom. The van der Waals surface area contributed by atoms with Crippen LogP contribution < -0.4 is 0 Å². The second-order valence-corrected chi connectivity index (χ2v) is 20.0. The van der Waals surface area contributed by atoms with Crippen molar-refractivity contribution in [3.05, 3.63) is 47.0 Å². The van der Waals surface area contributed by atoms with Gasteiger partial charge in [0.15, 0.2) is 25.8 Å². The van der Waals surface area contributed by atoms with Gasteiger partial charge in [0, 0.05) is 39.2 Å². The highest BCUT2D eigenvalue weighted by Crippen LogP contribution is 2.65. The number of esters is 3. The van der Waals surface area contributed by atoms with Crippen molar-refractivity contribution >= 4 is 32.0 Å². The van der Waals surface area contributed by atoms with Gasteiger partial charge in [-0.3, -0.25) is 14.4 Å². The lowest BCUT2D eigenvalue weighted by molar-refractivity contribution is -0.344. The third-order valence-electron chi connectivity index (χ3n) is 12.8. The fourth-order valence-electron chi connectivity index (χ4n) is 9.60. The van der Waals surface area contributed by atoms with Crippen LogP contribution in [0.25, 0.3) is 0 Å². The summed E-state index contributed by atoms with van der Waals surface area (Å²) in [6.07, 6.45) is -4.99. The molecule has 0 amide bonds. The third-order valence-corrected chi connectivity index (χ3v) is 17.4. The lowest BCUT2D eigenvalue weighted by Crippen LogP contribution is -2.82. The van der Waals surface area contributed by atoms with Crippen LogP contribution in [-0.2, 0) is 42.5 Å². The first-order valence-electron chi connectivity index (χ1n) is 17.9. The maximum atomic E-state index is 15.8. The van der Waals surface area contributed by atoms with Gasteiger partial charge in [0.05, 0.1) is 35.7 Å². The number of hydrogen-bond acceptors (Lipinski definition) is 11. The highest BCUT2D eigenvalue weighted by atomic mass is 28.4. The number of methoxy groups -OCH3 is 1. The minimum atomic E-state index is -2.46. The van der Waals surface area contributed by atoms with Crippen molar-refractivity contribution in [3.8, 4) is 0 Å². The van der Waals surface area contributed by atoms with E-state index in [2.05, 4.69) is 20.8 Å². The van der Waals surface area contributed by atoms with Crippen LogP contribution in [-0.4, -0.2) is 92.6 Å². The minimum Gasteiger partial charge on any atom is -0.455 e. The summed E-state index contributed by atoms with van der Waals surface area (Å²) < 4.78 is 38.2. The summed E-state index contributed by atoms with van der Waals surface area (Å²) in [4.78, 5) is 55.9. The summed E-state index contributed by atoms with van der Waals surface area (Å²) in [5.41, 5.74) is -5.11. The van der Waals surface area contributed by atoms with Gasteiger partial charge in [-0.25, -0.2) is 4.79 Å². The van der Waals surface area contributed by atoms with E-state index in [1.807, 2.05) is 6.92 Å². The predicted molar refractivity (Wildman–Crippen MR) is 186 cm³/mol. The van der Waals surface area contributed by atoms with Crippen LogP contribution in [0.1, 0.15) is 85.5 Å². The molecule has 1 aromatic carbocycles. The fourth-order valence-corrected chi connectivity index (χ4v) is 12.5. The summed E-state index contributed by atoms with van der Waals surface area (Å²) in [6, 6.07) is 10.8. The van der Waals surface area contributed by atoms with E-state index in [-0.39, 0.29) is 25.0 Å². The number of carbonyl (C=O) groups excluding carboxylic acids is 4. The third kappa shape index (κ3) is 5.69. The van der Waals surface area contributed by atoms with Gasteiger partial charge in [0.1, 0.15) is 17.8 Å². The number of hydrogen-bond donors (Lipinski definition) is 1. The first-order chi connectivity index (χ1) is 23.4. The van der Waals surface area contributed by atoms with Crippen LogP contribution >= 0.6 is 0 Å². The van der Waals surface area contributed by atoms with E-state index in [9.17, 15) is 19.5 Å². The highest BCUT2D eigenvalue weighted by Gasteiger charge is 2.78. The molecule has 2 bridgehead atoms. The molecule has 1 saturated heterocycles. The molecule has 1 heterocycles. The molecule has 12 heteroatoms. The molecule has 1 unspecified atom stereocenters. The molecular formula is C38H54O11Si. The van der Waals surface area contributed by atoms with E-state index < -0.39 is 90.5 Å². The molecule has 0 aromatic heterocycles. The summed E-state index contributed by atoms with van der Waals surface area (Å²) in [5, 5.41) is 13.5. The number of fused-ring (bicyclic) bond motifs is 5. The average Bonchev–Trinajstić information content (AvgIpc) is 3.07. The molecule has 1 aromatic rings. The number of rotatable bonds is 10. The Labute approximate surface area is 296 Å². The molecule has 0 radical (unpaired) electrons. The first-order valence-corrected chi connectivity index (χ1v) is 20.4. The monoisotopic (exact) mass is 714 g/mol.